The fraction of sp³-hybridized carbons (Fsp3) is 0.714. The van der Waals surface area contributed by atoms with Crippen LogP contribution in [0.3, 0.4) is 0 Å². The molecular weight excluding hydrogens is 260 g/mol. The maximum Gasteiger partial charge on any atom is 0.224 e. The molecule has 0 aromatic carbocycles. The first-order chi connectivity index (χ1) is 9.16. The van der Waals surface area contributed by atoms with Crippen LogP contribution in [0, 0.1) is 12.8 Å². The molecule has 0 amide bonds. The van der Waals surface area contributed by atoms with E-state index >= 15 is 0 Å². The fourth-order valence-corrected chi connectivity index (χ4v) is 3.85. The molecule has 1 aromatic rings. The monoisotopic (exact) mass is 280 g/mol. The fourth-order valence-electron chi connectivity index (χ4n) is 3.64. The van der Waals surface area contributed by atoms with Crippen molar-refractivity contribution < 1.29 is 0 Å². The topological polar surface area (TPSA) is 55.0 Å². The van der Waals surface area contributed by atoms with E-state index in [1.54, 1.807) is 0 Å². The minimum atomic E-state index is 0.304. The van der Waals surface area contributed by atoms with Crippen molar-refractivity contribution in [3.8, 4) is 0 Å². The van der Waals surface area contributed by atoms with Crippen molar-refractivity contribution >= 4 is 23.1 Å². The zero-order valence-corrected chi connectivity index (χ0v) is 12.2. The van der Waals surface area contributed by atoms with Crippen LogP contribution in [0.1, 0.15) is 44.2 Å². The molecule has 0 radical (unpaired) electrons. The van der Waals surface area contributed by atoms with Crippen molar-refractivity contribution in [3.63, 3.8) is 0 Å². The van der Waals surface area contributed by atoms with Crippen LogP contribution in [0.15, 0.2) is 0 Å². The largest absolute Gasteiger partial charge is 0.394 e. The van der Waals surface area contributed by atoms with Crippen molar-refractivity contribution in [1.29, 1.82) is 0 Å². The predicted molar refractivity (Wildman–Crippen MR) is 78.5 cm³/mol. The van der Waals surface area contributed by atoms with E-state index in [9.17, 15) is 0 Å². The Morgan fingerprint density at radius 2 is 1.89 bits per heavy atom. The van der Waals surface area contributed by atoms with Gasteiger partial charge in [-0.2, -0.15) is 4.98 Å². The number of aromatic nitrogens is 2. The Hall–Kier alpha value is -1.03. The minimum absolute atomic E-state index is 0.304. The van der Waals surface area contributed by atoms with E-state index in [-0.39, 0.29) is 0 Å². The number of hydrogen-bond donors (Lipinski definition) is 1. The molecule has 1 saturated heterocycles. The van der Waals surface area contributed by atoms with Gasteiger partial charge in [-0.1, -0.05) is 12.8 Å². The standard InChI is InChI=1S/C14H21ClN4/c1-9-12(16)13(18-14(15)17-9)19-8-4-7-11(19)10-5-2-3-6-10/h10-11H,2-8,16H2,1H3. The summed E-state index contributed by atoms with van der Waals surface area (Å²) in [6, 6.07) is 0.593. The second-order valence-electron chi connectivity index (χ2n) is 5.76. The van der Waals surface area contributed by atoms with Crippen LogP contribution in [-0.4, -0.2) is 22.6 Å². The number of nitrogens with two attached hydrogens (primary N) is 1. The van der Waals surface area contributed by atoms with E-state index < -0.39 is 0 Å². The van der Waals surface area contributed by atoms with Crippen molar-refractivity contribution in [3.05, 3.63) is 11.0 Å². The van der Waals surface area contributed by atoms with Crippen LogP contribution in [0.5, 0.6) is 0 Å². The van der Waals surface area contributed by atoms with Gasteiger partial charge in [0.1, 0.15) is 0 Å². The number of nitrogens with zero attached hydrogens (tertiary/aromatic N) is 3. The summed E-state index contributed by atoms with van der Waals surface area (Å²) in [6.07, 6.45) is 7.91. The lowest BCUT2D eigenvalue weighted by Crippen LogP contribution is -2.36. The van der Waals surface area contributed by atoms with Gasteiger partial charge in [0.15, 0.2) is 5.82 Å². The SMILES string of the molecule is Cc1nc(Cl)nc(N2CCCC2C2CCCC2)c1N. The molecule has 0 spiro atoms. The molecule has 1 unspecified atom stereocenters. The second-order valence-corrected chi connectivity index (χ2v) is 6.10. The second kappa shape index (κ2) is 5.16. The highest BCUT2D eigenvalue weighted by molar-refractivity contribution is 6.28. The van der Waals surface area contributed by atoms with E-state index in [0.717, 1.165) is 24.0 Å². The summed E-state index contributed by atoms with van der Waals surface area (Å²) in [5, 5.41) is 0.304. The van der Waals surface area contributed by atoms with Gasteiger partial charge < -0.3 is 10.6 Å². The third-order valence-electron chi connectivity index (χ3n) is 4.60. The number of rotatable bonds is 2. The number of aryl methyl sites for hydroxylation is 1. The molecule has 4 nitrogen and oxygen atoms in total. The first-order valence-electron chi connectivity index (χ1n) is 7.23. The number of nitrogen functional groups attached to an aromatic ring is 1. The predicted octanol–water partition coefficient (Wildman–Crippen LogP) is 3.18. The number of anilines is 2. The van der Waals surface area contributed by atoms with Crippen LogP contribution < -0.4 is 10.6 Å². The molecule has 2 N–H and O–H groups in total. The molecule has 104 valence electrons. The van der Waals surface area contributed by atoms with Gasteiger partial charge >= 0.3 is 0 Å². The highest BCUT2D eigenvalue weighted by atomic mass is 35.5. The zero-order chi connectivity index (χ0) is 13.4. The van der Waals surface area contributed by atoms with Crippen LogP contribution in [0.4, 0.5) is 11.5 Å². The zero-order valence-electron chi connectivity index (χ0n) is 11.4. The molecule has 1 saturated carbocycles. The molecule has 1 aliphatic carbocycles. The number of halogens is 1. The average Bonchev–Trinajstić information content (AvgIpc) is 3.02. The van der Waals surface area contributed by atoms with Gasteiger partial charge in [-0.25, -0.2) is 4.98 Å². The van der Waals surface area contributed by atoms with Crippen LogP contribution in [0.2, 0.25) is 5.28 Å². The number of hydrogen-bond acceptors (Lipinski definition) is 4. The first kappa shape index (κ1) is 13.0. The molecule has 3 rings (SSSR count). The molecule has 2 heterocycles. The van der Waals surface area contributed by atoms with Crippen LogP contribution in [0.25, 0.3) is 0 Å². The molecule has 1 aliphatic heterocycles. The van der Waals surface area contributed by atoms with Crippen molar-refractivity contribution in [1.82, 2.24) is 9.97 Å². The third-order valence-corrected chi connectivity index (χ3v) is 4.77. The quantitative estimate of drug-likeness (QED) is 0.846. The summed E-state index contributed by atoms with van der Waals surface area (Å²) in [5.41, 5.74) is 7.64. The maximum atomic E-state index is 6.17. The Kier molecular flexibility index (Phi) is 3.52. The Bertz CT molecular complexity index is 471. The Morgan fingerprint density at radius 3 is 2.63 bits per heavy atom. The highest BCUT2D eigenvalue weighted by Crippen LogP contribution is 2.39. The van der Waals surface area contributed by atoms with E-state index in [1.807, 2.05) is 6.92 Å². The smallest absolute Gasteiger partial charge is 0.224 e. The molecule has 0 bridgehead atoms. The summed E-state index contributed by atoms with van der Waals surface area (Å²) < 4.78 is 0. The van der Waals surface area contributed by atoms with Gasteiger partial charge in [0.2, 0.25) is 5.28 Å². The van der Waals surface area contributed by atoms with E-state index in [4.69, 9.17) is 17.3 Å². The van der Waals surface area contributed by atoms with Crippen molar-refractivity contribution in [2.75, 3.05) is 17.2 Å². The minimum Gasteiger partial charge on any atom is -0.394 e. The summed E-state index contributed by atoms with van der Waals surface area (Å²) >= 11 is 6.00. The first-order valence-corrected chi connectivity index (χ1v) is 7.61. The summed E-state index contributed by atoms with van der Waals surface area (Å²) in [4.78, 5) is 10.9. The lowest BCUT2D eigenvalue weighted by molar-refractivity contribution is 0.429. The normalized spacial score (nSPS) is 24.3. The maximum absolute atomic E-state index is 6.17. The molecule has 1 aromatic heterocycles. The molecule has 2 fully saturated rings. The molecule has 5 heteroatoms. The van der Waals surface area contributed by atoms with Crippen molar-refractivity contribution in [2.24, 2.45) is 5.92 Å². The molecular formula is C14H21ClN4. The lowest BCUT2D eigenvalue weighted by atomic mass is 9.96. The van der Waals surface area contributed by atoms with E-state index in [0.29, 0.717) is 17.0 Å². The van der Waals surface area contributed by atoms with E-state index in [2.05, 4.69) is 14.9 Å². The summed E-state index contributed by atoms with van der Waals surface area (Å²) in [6.45, 7) is 2.94. The van der Waals surface area contributed by atoms with Crippen LogP contribution >= 0.6 is 11.6 Å². The Balaban J connectivity index is 1.91. The summed E-state index contributed by atoms with van der Waals surface area (Å²) in [5.74, 6) is 1.66. The van der Waals surface area contributed by atoms with Gasteiger partial charge in [-0.3, -0.25) is 0 Å². The van der Waals surface area contributed by atoms with Gasteiger partial charge in [0, 0.05) is 12.6 Å². The highest BCUT2D eigenvalue weighted by Gasteiger charge is 2.35. The average molecular weight is 281 g/mol. The van der Waals surface area contributed by atoms with Gasteiger partial charge in [-0.15, -0.1) is 0 Å². The lowest BCUT2D eigenvalue weighted by Gasteiger charge is -2.31. The van der Waals surface area contributed by atoms with Crippen molar-refractivity contribution in [2.45, 2.75) is 51.5 Å². The summed E-state index contributed by atoms with van der Waals surface area (Å²) in [7, 11) is 0. The third kappa shape index (κ3) is 2.38. The van der Waals surface area contributed by atoms with Gasteiger partial charge in [-0.05, 0) is 50.1 Å². The van der Waals surface area contributed by atoms with Gasteiger partial charge in [0.05, 0.1) is 11.4 Å². The van der Waals surface area contributed by atoms with E-state index in [1.165, 1.54) is 38.5 Å². The Morgan fingerprint density at radius 1 is 1.16 bits per heavy atom. The van der Waals surface area contributed by atoms with Crippen LogP contribution in [-0.2, 0) is 0 Å². The molecule has 19 heavy (non-hydrogen) atoms. The molecule has 2 aliphatic rings. The Labute approximate surface area is 119 Å². The van der Waals surface area contributed by atoms with Gasteiger partial charge in [0.25, 0.3) is 0 Å². The molecule has 1 atom stereocenters.